The average Bonchev–Trinajstić information content (AvgIpc) is 2.17. The first-order chi connectivity index (χ1) is 7.33. The Labute approximate surface area is 101 Å². The Hall–Kier alpha value is -0.610. The molecule has 0 unspecified atom stereocenters. The van der Waals surface area contributed by atoms with E-state index in [0.717, 1.165) is 25.9 Å². The zero-order valence-electron chi connectivity index (χ0n) is 9.83. The predicted molar refractivity (Wildman–Crippen MR) is 63.0 cm³/mol. The quantitative estimate of drug-likeness (QED) is 0.752. The van der Waals surface area contributed by atoms with E-state index in [2.05, 4.69) is 4.90 Å². The van der Waals surface area contributed by atoms with Crippen LogP contribution in [0, 0.1) is 11.3 Å². The van der Waals surface area contributed by atoms with Crippen molar-refractivity contribution in [3.8, 4) is 0 Å². The van der Waals surface area contributed by atoms with E-state index in [1.165, 1.54) is 0 Å². The van der Waals surface area contributed by atoms with Gasteiger partial charge in [0.15, 0.2) is 0 Å². The van der Waals surface area contributed by atoms with Crippen LogP contribution >= 0.6 is 11.6 Å². The van der Waals surface area contributed by atoms with Crippen molar-refractivity contribution in [3.63, 3.8) is 0 Å². The van der Waals surface area contributed by atoms with Crippen LogP contribution < -0.4 is 5.73 Å². The molecular weight excluding hydrogens is 228 g/mol. The summed E-state index contributed by atoms with van der Waals surface area (Å²) in [6.45, 7) is 5.92. The molecule has 5 heteroatoms. The number of primary amides is 1. The lowest BCUT2D eigenvalue weighted by atomic mass is 9.91. The van der Waals surface area contributed by atoms with E-state index >= 15 is 0 Å². The molecule has 1 rings (SSSR count). The molecule has 0 radical (unpaired) electrons. The van der Waals surface area contributed by atoms with Gasteiger partial charge in [0.25, 0.3) is 0 Å². The summed E-state index contributed by atoms with van der Waals surface area (Å²) in [5.74, 6) is -0.224. The molecule has 0 aromatic rings. The molecule has 0 aromatic carbocycles. The SMILES string of the molecule is CC(C)(CN1CCC(C(N)=O)CC1)C(=O)Cl. The van der Waals surface area contributed by atoms with Crippen LogP contribution in [0.5, 0.6) is 0 Å². The number of nitrogens with two attached hydrogens (primary N) is 1. The van der Waals surface area contributed by atoms with Crippen LogP contribution in [0.1, 0.15) is 26.7 Å². The van der Waals surface area contributed by atoms with E-state index in [9.17, 15) is 9.59 Å². The number of carbonyl (C=O) groups excluding carboxylic acids is 2. The van der Waals surface area contributed by atoms with Crippen LogP contribution in [0.25, 0.3) is 0 Å². The highest BCUT2D eigenvalue weighted by Crippen LogP contribution is 2.24. The minimum atomic E-state index is -0.527. The second kappa shape index (κ2) is 5.15. The largest absolute Gasteiger partial charge is 0.369 e. The van der Waals surface area contributed by atoms with E-state index in [1.807, 2.05) is 13.8 Å². The second-order valence-electron chi connectivity index (χ2n) is 5.11. The molecule has 0 spiro atoms. The number of rotatable bonds is 4. The third-order valence-electron chi connectivity index (χ3n) is 3.14. The average molecular weight is 247 g/mol. The minimum absolute atomic E-state index is 0.00827. The van der Waals surface area contributed by atoms with Crippen molar-refractivity contribution in [2.75, 3.05) is 19.6 Å². The predicted octanol–water partition coefficient (Wildman–Crippen LogP) is 0.975. The van der Waals surface area contributed by atoms with Crippen molar-refractivity contribution in [3.05, 3.63) is 0 Å². The summed E-state index contributed by atoms with van der Waals surface area (Å²) in [6, 6.07) is 0. The van der Waals surface area contributed by atoms with Crippen LogP contribution in [-0.2, 0) is 9.59 Å². The van der Waals surface area contributed by atoms with E-state index in [4.69, 9.17) is 17.3 Å². The van der Waals surface area contributed by atoms with Crippen LogP contribution in [0.4, 0.5) is 0 Å². The van der Waals surface area contributed by atoms with Gasteiger partial charge >= 0.3 is 0 Å². The van der Waals surface area contributed by atoms with Gasteiger partial charge in [-0.15, -0.1) is 0 Å². The Kier molecular flexibility index (Phi) is 4.33. The van der Waals surface area contributed by atoms with Crippen LogP contribution in [0.2, 0.25) is 0 Å². The second-order valence-corrected chi connectivity index (χ2v) is 5.45. The lowest BCUT2D eigenvalue weighted by molar-refractivity contribution is -0.124. The van der Waals surface area contributed by atoms with Gasteiger partial charge in [0.05, 0.1) is 5.41 Å². The summed E-state index contributed by atoms with van der Waals surface area (Å²) in [5.41, 5.74) is 4.73. The van der Waals surface area contributed by atoms with Gasteiger partial charge in [-0.05, 0) is 37.5 Å². The Balaban J connectivity index is 2.43. The molecule has 0 aliphatic carbocycles. The number of hydrogen-bond donors (Lipinski definition) is 1. The summed E-state index contributed by atoms with van der Waals surface area (Å²) >= 11 is 5.53. The van der Waals surface area contributed by atoms with Gasteiger partial charge in [-0.1, -0.05) is 13.8 Å². The zero-order valence-corrected chi connectivity index (χ0v) is 10.6. The summed E-state index contributed by atoms with van der Waals surface area (Å²) in [6.07, 6.45) is 1.56. The number of amides is 1. The molecule has 92 valence electrons. The number of hydrogen-bond acceptors (Lipinski definition) is 3. The Morgan fingerprint density at radius 3 is 2.25 bits per heavy atom. The maximum atomic E-state index is 11.2. The maximum absolute atomic E-state index is 11.2. The zero-order chi connectivity index (χ0) is 12.3. The Morgan fingerprint density at radius 2 is 1.88 bits per heavy atom. The molecule has 1 heterocycles. The van der Waals surface area contributed by atoms with Gasteiger partial charge in [-0.3, -0.25) is 9.59 Å². The highest BCUT2D eigenvalue weighted by molar-refractivity contribution is 6.64. The Bertz CT molecular complexity index is 284. The van der Waals surface area contributed by atoms with E-state index in [-0.39, 0.29) is 17.1 Å². The topological polar surface area (TPSA) is 63.4 Å². The molecule has 1 saturated heterocycles. The van der Waals surface area contributed by atoms with Crippen molar-refractivity contribution in [2.45, 2.75) is 26.7 Å². The molecule has 0 aromatic heterocycles. The fraction of sp³-hybridized carbons (Fsp3) is 0.818. The summed E-state index contributed by atoms with van der Waals surface area (Å²) < 4.78 is 0. The van der Waals surface area contributed by atoms with Gasteiger partial charge in [0.1, 0.15) is 0 Å². The molecule has 1 aliphatic heterocycles. The first-order valence-electron chi connectivity index (χ1n) is 5.54. The van der Waals surface area contributed by atoms with Gasteiger partial charge in [0.2, 0.25) is 11.1 Å². The normalized spacial score (nSPS) is 19.7. The molecule has 0 atom stereocenters. The van der Waals surface area contributed by atoms with Crippen LogP contribution in [0.3, 0.4) is 0 Å². The van der Waals surface area contributed by atoms with E-state index < -0.39 is 5.41 Å². The standard InChI is InChI=1S/C11H19ClN2O2/c1-11(2,10(12)16)7-14-5-3-8(4-6-14)9(13)15/h8H,3-7H2,1-2H3,(H2,13,15). The third-order valence-corrected chi connectivity index (χ3v) is 3.65. The fourth-order valence-electron chi connectivity index (χ4n) is 2.00. The molecule has 4 nitrogen and oxygen atoms in total. The van der Waals surface area contributed by atoms with Crippen molar-refractivity contribution in [1.82, 2.24) is 4.90 Å². The highest BCUT2D eigenvalue weighted by Gasteiger charge is 2.31. The third kappa shape index (κ3) is 3.46. The molecular formula is C11H19ClN2O2. The molecule has 1 fully saturated rings. The smallest absolute Gasteiger partial charge is 0.228 e. The van der Waals surface area contributed by atoms with Crippen molar-refractivity contribution >= 4 is 22.8 Å². The number of piperidine rings is 1. The summed E-state index contributed by atoms with van der Waals surface area (Å²) in [4.78, 5) is 24.3. The van der Waals surface area contributed by atoms with E-state index in [0.29, 0.717) is 6.54 Å². The summed E-state index contributed by atoms with van der Waals surface area (Å²) in [5, 5.41) is -0.315. The fourth-order valence-corrected chi connectivity index (χ4v) is 2.06. The highest BCUT2D eigenvalue weighted by atomic mass is 35.5. The lowest BCUT2D eigenvalue weighted by Crippen LogP contribution is -2.44. The molecule has 1 aliphatic rings. The van der Waals surface area contributed by atoms with Crippen molar-refractivity contribution in [1.29, 1.82) is 0 Å². The first kappa shape index (κ1) is 13.5. The van der Waals surface area contributed by atoms with Gasteiger partial charge in [-0.2, -0.15) is 0 Å². The van der Waals surface area contributed by atoms with Gasteiger partial charge in [0, 0.05) is 12.5 Å². The molecule has 1 amide bonds. The molecule has 2 N–H and O–H groups in total. The van der Waals surface area contributed by atoms with Gasteiger partial charge in [-0.25, -0.2) is 0 Å². The number of nitrogens with zero attached hydrogens (tertiary/aromatic N) is 1. The van der Waals surface area contributed by atoms with Crippen LogP contribution in [-0.4, -0.2) is 35.7 Å². The number of halogens is 1. The van der Waals surface area contributed by atoms with Crippen molar-refractivity contribution in [2.24, 2.45) is 17.1 Å². The van der Waals surface area contributed by atoms with Gasteiger partial charge < -0.3 is 10.6 Å². The number of carbonyl (C=O) groups is 2. The lowest BCUT2D eigenvalue weighted by Gasteiger charge is -2.34. The van der Waals surface area contributed by atoms with Crippen LogP contribution in [0.15, 0.2) is 0 Å². The van der Waals surface area contributed by atoms with E-state index in [1.54, 1.807) is 0 Å². The van der Waals surface area contributed by atoms with Crippen molar-refractivity contribution < 1.29 is 9.59 Å². The number of likely N-dealkylation sites (tertiary alicyclic amines) is 1. The first-order valence-corrected chi connectivity index (χ1v) is 5.92. The Morgan fingerprint density at radius 1 is 1.38 bits per heavy atom. The maximum Gasteiger partial charge on any atom is 0.228 e. The molecule has 0 bridgehead atoms. The molecule has 0 saturated carbocycles. The molecule has 16 heavy (non-hydrogen) atoms. The monoisotopic (exact) mass is 246 g/mol. The summed E-state index contributed by atoms with van der Waals surface area (Å²) in [7, 11) is 0. The minimum Gasteiger partial charge on any atom is -0.369 e.